The molecule has 4 nitrogen and oxygen atoms in total. The Kier molecular flexibility index (Phi) is 3.68. The van der Waals surface area contributed by atoms with Crippen molar-refractivity contribution in [2.75, 3.05) is 0 Å². The minimum absolute atomic E-state index is 0.0369. The Morgan fingerprint density at radius 3 is 2.71 bits per heavy atom. The van der Waals surface area contributed by atoms with Crippen LogP contribution >= 0.6 is 23.2 Å². The third-order valence-electron chi connectivity index (χ3n) is 3.61. The number of aryl methyl sites for hydroxylation is 2. The van der Waals surface area contributed by atoms with Crippen molar-refractivity contribution in [2.45, 2.75) is 32.7 Å². The molecular formula is C15H15Cl2N3O. The summed E-state index contributed by atoms with van der Waals surface area (Å²) in [6.45, 7) is 5.99. The summed E-state index contributed by atoms with van der Waals surface area (Å²) in [6, 6.07) is 3.88. The third kappa shape index (κ3) is 2.43. The van der Waals surface area contributed by atoms with Gasteiger partial charge in [-0.15, -0.1) is 11.6 Å². The maximum Gasteiger partial charge on any atom is 0.160 e. The highest BCUT2D eigenvalue weighted by Crippen LogP contribution is 2.30. The minimum Gasteiger partial charge on any atom is -0.466 e. The molecule has 21 heavy (non-hydrogen) atoms. The first-order chi connectivity index (χ1) is 10.0. The fourth-order valence-corrected chi connectivity index (χ4v) is 3.05. The third-order valence-corrected chi connectivity index (χ3v) is 4.05. The molecule has 3 rings (SSSR count). The first-order valence-electron chi connectivity index (χ1n) is 6.66. The van der Waals surface area contributed by atoms with Crippen LogP contribution in [0.15, 0.2) is 22.7 Å². The van der Waals surface area contributed by atoms with E-state index in [4.69, 9.17) is 27.6 Å². The van der Waals surface area contributed by atoms with E-state index in [1.807, 2.05) is 24.5 Å². The lowest BCUT2D eigenvalue weighted by molar-refractivity contribution is 0.494. The Labute approximate surface area is 132 Å². The number of fused-ring (bicyclic) bond motifs is 1. The predicted octanol–water partition coefficient (Wildman–Crippen LogP) is 4.64. The topological polar surface area (TPSA) is 43.9 Å². The van der Waals surface area contributed by atoms with Gasteiger partial charge in [-0.1, -0.05) is 11.6 Å². The number of rotatable bonds is 3. The molecule has 0 aliphatic carbocycles. The summed E-state index contributed by atoms with van der Waals surface area (Å²) in [7, 11) is 0. The second kappa shape index (κ2) is 5.35. The summed E-state index contributed by atoms with van der Waals surface area (Å²) in [5.41, 5.74) is 2.64. The molecule has 0 radical (unpaired) electrons. The number of halogens is 2. The number of hydrogen-bond donors (Lipinski definition) is 0. The van der Waals surface area contributed by atoms with E-state index < -0.39 is 0 Å². The van der Waals surface area contributed by atoms with Crippen LogP contribution in [0.2, 0.25) is 5.02 Å². The molecule has 0 aromatic carbocycles. The van der Waals surface area contributed by atoms with Crippen LogP contribution in [0.4, 0.5) is 0 Å². The van der Waals surface area contributed by atoms with E-state index in [0.29, 0.717) is 10.9 Å². The fourth-order valence-electron chi connectivity index (χ4n) is 2.71. The van der Waals surface area contributed by atoms with Gasteiger partial charge in [0.2, 0.25) is 0 Å². The highest BCUT2D eigenvalue weighted by molar-refractivity contribution is 6.31. The van der Waals surface area contributed by atoms with E-state index >= 15 is 0 Å². The normalized spacial score (nSPS) is 13.0. The lowest BCUT2D eigenvalue weighted by atomic mass is 10.1. The molecular weight excluding hydrogens is 309 g/mol. The zero-order valence-electron chi connectivity index (χ0n) is 12.0. The second-order valence-electron chi connectivity index (χ2n) is 5.07. The molecule has 110 valence electrons. The van der Waals surface area contributed by atoms with Gasteiger partial charge in [0.15, 0.2) is 5.65 Å². The van der Waals surface area contributed by atoms with E-state index in [0.717, 1.165) is 34.1 Å². The quantitative estimate of drug-likeness (QED) is 0.659. The molecule has 3 aromatic heterocycles. The van der Waals surface area contributed by atoms with Gasteiger partial charge < -0.3 is 8.98 Å². The maximum atomic E-state index is 6.05. The summed E-state index contributed by atoms with van der Waals surface area (Å²) < 4.78 is 7.67. The molecule has 0 fully saturated rings. The SMILES string of the molecule is Cc1cc(C(C)n2c(CCl)nc3cc(Cl)cnc32)c(C)o1. The van der Waals surface area contributed by atoms with Gasteiger partial charge in [-0.05, 0) is 32.9 Å². The van der Waals surface area contributed by atoms with Crippen molar-refractivity contribution in [3.05, 3.63) is 46.3 Å². The highest BCUT2D eigenvalue weighted by Gasteiger charge is 2.21. The van der Waals surface area contributed by atoms with Gasteiger partial charge in [0.25, 0.3) is 0 Å². The first kappa shape index (κ1) is 14.4. The lowest BCUT2D eigenvalue weighted by Crippen LogP contribution is -2.10. The fraction of sp³-hybridized carbons (Fsp3) is 0.333. The van der Waals surface area contributed by atoms with Crippen LogP contribution in [-0.2, 0) is 5.88 Å². The van der Waals surface area contributed by atoms with Gasteiger partial charge in [0.1, 0.15) is 22.9 Å². The molecule has 0 amide bonds. The average Bonchev–Trinajstić information content (AvgIpc) is 2.97. The summed E-state index contributed by atoms with van der Waals surface area (Å²) in [5, 5.41) is 0.566. The molecule has 0 saturated heterocycles. The van der Waals surface area contributed by atoms with E-state index in [9.17, 15) is 0 Å². The number of imidazole rings is 1. The number of furan rings is 1. The standard InChI is InChI=1S/C15H15Cl2N3O/c1-8-4-12(10(3)21-8)9(2)20-14(6-16)19-13-5-11(17)7-18-15(13)20/h4-5,7,9H,6H2,1-3H3. The molecule has 0 spiro atoms. The van der Waals surface area contributed by atoms with Crippen molar-refractivity contribution in [3.8, 4) is 0 Å². The van der Waals surface area contributed by atoms with E-state index in [1.165, 1.54) is 0 Å². The number of aromatic nitrogens is 3. The van der Waals surface area contributed by atoms with Crippen molar-refractivity contribution < 1.29 is 4.42 Å². The summed E-state index contributed by atoms with van der Waals surface area (Å²) in [4.78, 5) is 8.94. The number of hydrogen-bond acceptors (Lipinski definition) is 3. The molecule has 3 aromatic rings. The molecule has 0 N–H and O–H groups in total. The largest absolute Gasteiger partial charge is 0.466 e. The Hall–Kier alpha value is -1.52. The Morgan fingerprint density at radius 2 is 2.10 bits per heavy atom. The predicted molar refractivity (Wildman–Crippen MR) is 84.1 cm³/mol. The van der Waals surface area contributed by atoms with Crippen LogP contribution in [0.25, 0.3) is 11.2 Å². The molecule has 0 aliphatic heterocycles. The van der Waals surface area contributed by atoms with Crippen molar-refractivity contribution in [1.82, 2.24) is 14.5 Å². The van der Waals surface area contributed by atoms with E-state index in [-0.39, 0.29) is 6.04 Å². The Bertz CT molecular complexity index is 807. The van der Waals surface area contributed by atoms with E-state index in [1.54, 1.807) is 12.3 Å². The number of alkyl halides is 1. The molecule has 0 saturated carbocycles. The average molecular weight is 324 g/mol. The zero-order chi connectivity index (χ0) is 15.1. The van der Waals surface area contributed by atoms with Gasteiger partial charge in [-0.25, -0.2) is 9.97 Å². The molecule has 0 aliphatic rings. The monoisotopic (exact) mass is 323 g/mol. The maximum absolute atomic E-state index is 6.05. The summed E-state index contributed by atoms with van der Waals surface area (Å²) >= 11 is 12.0. The van der Waals surface area contributed by atoms with Crippen LogP contribution in [0.5, 0.6) is 0 Å². The van der Waals surface area contributed by atoms with Gasteiger partial charge in [0.05, 0.1) is 16.9 Å². The van der Waals surface area contributed by atoms with Gasteiger partial charge in [0, 0.05) is 11.8 Å². The number of pyridine rings is 1. The van der Waals surface area contributed by atoms with Crippen molar-refractivity contribution >= 4 is 34.4 Å². The minimum atomic E-state index is 0.0369. The molecule has 1 unspecified atom stereocenters. The van der Waals surface area contributed by atoms with Crippen LogP contribution < -0.4 is 0 Å². The zero-order valence-corrected chi connectivity index (χ0v) is 13.5. The van der Waals surface area contributed by atoms with E-state index in [2.05, 4.69) is 16.9 Å². The van der Waals surface area contributed by atoms with Crippen molar-refractivity contribution in [3.63, 3.8) is 0 Å². The summed E-state index contributed by atoms with van der Waals surface area (Å²) in [6.07, 6.45) is 1.63. The van der Waals surface area contributed by atoms with Gasteiger partial charge >= 0.3 is 0 Å². The lowest BCUT2D eigenvalue weighted by Gasteiger charge is -2.15. The molecule has 1 atom stereocenters. The van der Waals surface area contributed by atoms with Crippen LogP contribution in [0.1, 0.15) is 35.9 Å². The highest BCUT2D eigenvalue weighted by atomic mass is 35.5. The Morgan fingerprint density at radius 1 is 1.33 bits per heavy atom. The van der Waals surface area contributed by atoms with Crippen molar-refractivity contribution in [2.24, 2.45) is 0 Å². The van der Waals surface area contributed by atoms with Gasteiger partial charge in [-0.2, -0.15) is 0 Å². The van der Waals surface area contributed by atoms with Gasteiger partial charge in [-0.3, -0.25) is 0 Å². The Balaban J connectivity index is 2.20. The molecule has 0 bridgehead atoms. The molecule has 3 heterocycles. The van der Waals surface area contributed by atoms with Crippen LogP contribution in [0.3, 0.4) is 0 Å². The van der Waals surface area contributed by atoms with Crippen LogP contribution in [0, 0.1) is 13.8 Å². The smallest absolute Gasteiger partial charge is 0.160 e. The van der Waals surface area contributed by atoms with Crippen molar-refractivity contribution in [1.29, 1.82) is 0 Å². The van der Waals surface area contributed by atoms with Crippen LogP contribution in [-0.4, -0.2) is 14.5 Å². The second-order valence-corrected chi connectivity index (χ2v) is 5.78. The number of nitrogens with zero attached hydrogens (tertiary/aromatic N) is 3. The first-order valence-corrected chi connectivity index (χ1v) is 7.57. The summed E-state index contributed by atoms with van der Waals surface area (Å²) in [5.74, 6) is 2.87. The molecule has 6 heteroatoms.